The molecule has 0 N–H and O–H groups in total. The molecule has 0 aliphatic heterocycles. The van der Waals surface area contributed by atoms with Crippen LogP contribution in [-0.2, 0) is 0 Å². The van der Waals surface area contributed by atoms with Gasteiger partial charge in [0.05, 0.1) is 11.6 Å². The first kappa shape index (κ1) is 22.5. The number of rotatable bonds is 11. The summed E-state index contributed by atoms with van der Waals surface area (Å²) in [5, 5.41) is 9.62. The van der Waals surface area contributed by atoms with Crippen molar-refractivity contribution in [1.29, 1.82) is 5.26 Å². The van der Waals surface area contributed by atoms with Crippen LogP contribution in [0.25, 0.3) is 11.6 Å². The minimum atomic E-state index is 0.659. The first-order chi connectivity index (χ1) is 14.1. The molecule has 0 unspecified atom stereocenters. The molecule has 154 valence electrons. The van der Waals surface area contributed by atoms with Gasteiger partial charge in [-0.25, -0.2) is 0 Å². The van der Waals surface area contributed by atoms with Crippen LogP contribution >= 0.6 is 0 Å². The number of anilines is 1. The average molecular weight is 392 g/mol. The fourth-order valence-electron chi connectivity index (χ4n) is 3.28. The van der Waals surface area contributed by atoms with Gasteiger partial charge in [-0.05, 0) is 68.4 Å². The number of benzene rings is 2. The van der Waals surface area contributed by atoms with E-state index >= 15 is 0 Å². The van der Waals surface area contributed by atoms with E-state index in [2.05, 4.69) is 55.7 Å². The highest BCUT2D eigenvalue weighted by atomic mass is 16.5. The Hall–Kier alpha value is -2.77. The second-order valence-corrected chi connectivity index (χ2v) is 6.83. The Balaban J connectivity index is 2.04. The molecule has 2 aromatic carbocycles. The molecule has 0 saturated heterocycles. The Morgan fingerprint density at radius 1 is 0.897 bits per heavy atom. The van der Waals surface area contributed by atoms with Crippen LogP contribution in [-0.4, -0.2) is 44.2 Å². The highest BCUT2D eigenvalue weighted by Gasteiger charge is 2.05. The van der Waals surface area contributed by atoms with Crippen molar-refractivity contribution in [3.05, 3.63) is 59.7 Å². The number of hydrogen-bond acceptors (Lipinski definition) is 4. The smallest absolute Gasteiger partial charge is 0.119 e. The molecule has 0 fully saturated rings. The van der Waals surface area contributed by atoms with E-state index in [0.29, 0.717) is 12.2 Å². The lowest BCUT2D eigenvalue weighted by atomic mass is 10.0. The van der Waals surface area contributed by atoms with Gasteiger partial charge in [0.15, 0.2) is 0 Å². The van der Waals surface area contributed by atoms with Crippen LogP contribution in [0.2, 0.25) is 0 Å². The highest BCUT2D eigenvalue weighted by molar-refractivity contribution is 5.89. The summed E-state index contributed by atoms with van der Waals surface area (Å²) in [7, 11) is 0. The second-order valence-electron chi connectivity index (χ2n) is 6.83. The summed E-state index contributed by atoms with van der Waals surface area (Å²) in [5.74, 6) is 0.858. The number of hydrogen-bond donors (Lipinski definition) is 0. The first-order valence-electron chi connectivity index (χ1n) is 10.6. The van der Waals surface area contributed by atoms with Crippen molar-refractivity contribution in [2.75, 3.05) is 44.2 Å². The second kappa shape index (κ2) is 11.9. The Labute approximate surface area is 176 Å². The molecule has 0 radical (unpaired) electrons. The van der Waals surface area contributed by atoms with Gasteiger partial charge in [0.1, 0.15) is 12.4 Å². The Morgan fingerprint density at radius 2 is 1.52 bits per heavy atom. The predicted molar refractivity (Wildman–Crippen MR) is 123 cm³/mol. The molecule has 0 aliphatic rings. The van der Waals surface area contributed by atoms with Crippen molar-refractivity contribution in [3.8, 4) is 11.8 Å². The van der Waals surface area contributed by atoms with Gasteiger partial charge in [-0.15, -0.1) is 0 Å². The summed E-state index contributed by atoms with van der Waals surface area (Å²) >= 11 is 0. The SMILES string of the molecule is CCN(CC)CCOc1ccc(/C=C(\C#N)c2ccc(N(CC)CC)cc2)cc1. The third-order valence-electron chi connectivity index (χ3n) is 5.19. The zero-order valence-corrected chi connectivity index (χ0v) is 18.2. The molecule has 4 heteroatoms. The molecule has 0 amide bonds. The molecule has 0 aromatic heterocycles. The third-order valence-corrected chi connectivity index (χ3v) is 5.19. The molecule has 0 spiro atoms. The van der Waals surface area contributed by atoms with E-state index in [4.69, 9.17) is 4.74 Å². The van der Waals surface area contributed by atoms with Gasteiger partial charge in [0, 0.05) is 25.3 Å². The molecule has 2 aromatic rings. The van der Waals surface area contributed by atoms with Crippen LogP contribution in [0.4, 0.5) is 5.69 Å². The van der Waals surface area contributed by atoms with Crippen molar-refractivity contribution >= 4 is 17.3 Å². The number of likely N-dealkylation sites (N-methyl/N-ethyl adjacent to an activating group) is 1. The lowest BCUT2D eigenvalue weighted by Crippen LogP contribution is -2.27. The van der Waals surface area contributed by atoms with Crippen molar-refractivity contribution in [1.82, 2.24) is 4.90 Å². The summed E-state index contributed by atoms with van der Waals surface area (Å²) in [4.78, 5) is 4.63. The van der Waals surface area contributed by atoms with Gasteiger partial charge in [-0.2, -0.15) is 5.26 Å². The van der Waals surface area contributed by atoms with E-state index in [0.717, 1.165) is 49.6 Å². The standard InChI is InChI=1S/C25H33N3O/c1-5-27(6-2)17-18-29-25-15-9-21(10-16-25)19-23(20-26)22-11-13-24(14-12-22)28(7-3)8-4/h9-16,19H,5-8,17-18H2,1-4H3/b23-19+. The van der Waals surface area contributed by atoms with Crippen LogP contribution in [0.15, 0.2) is 48.5 Å². The molecule has 0 atom stereocenters. The highest BCUT2D eigenvalue weighted by Crippen LogP contribution is 2.22. The molecule has 0 bridgehead atoms. The van der Waals surface area contributed by atoms with Gasteiger partial charge >= 0.3 is 0 Å². The predicted octanol–water partition coefficient (Wildman–Crippen LogP) is 5.32. The quantitative estimate of drug-likeness (QED) is 0.384. The van der Waals surface area contributed by atoms with Crippen LogP contribution in [0.1, 0.15) is 38.8 Å². The summed E-state index contributed by atoms with van der Waals surface area (Å²) in [5.41, 5.74) is 3.77. The maximum Gasteiger partial charge on any atom is 0.119 e. The maximum absolute atomic E-state index is 9.62. The summed E-state index contributed by atoms with van der Waals surface area (Å²) in [6.45, 7) is 14.2. The van der Waals surface area contributed by atoms with Crippen LogP contribution in [0.5, 0.6) is 5.75 Å². The average Bonchev–Trinajstić information content (AvgIpc) is 2.77. The minimum Gasteiger partial charge on any atom is -0.492 e. The summed E-state index contributed by atoms with van der Waals surface area (Å²) in [6.07, 6.45) is 1.92. The minimum absolute atomic E-state index is 0.659. The maximum atomic E-state index is 9.62. The molecule has 29 heavy (non-hydrogen) atoms. The van der Waals surface area contributed by atoms with E-state index in [1.165, 1.54) is 5.69 Å². The van der Waals surface area contributed by atoms with Crippen LogP contribution < -0.4 is 9.64 Å². The van der Waals surface area contributed by atoms with Crippen molar-refractivity contribution in [2.24, 2.45) is 0 Å². The number of allylic oxidation sites excluding steroid dienone is 1. The monoisotopic (exact) mass is 391 g/mol. The van der Waals surface area contributed by atoms with E-state index < -0.39 is 0 Å². The van der Waals surface area contributed by atoms with Gasteiger partial charge in [-0.1, -0.05) is 38.1 Å². The molecule has 4 nitrogen and oxygen atoms in total. The van der Waals surface area contributed by atoms with E-state index in [1.807, 2.05) is 42.5 Å². The normalized spacial score (nSPS) is 11.4. The summed E-state index contributed by atoms with van der Waals surface area (Å²) in [6, 6.07) is 18.5. The Bertz CT molecular complexity index is 795. The zero-order chi connectivity index (χ0) is 21.1. The van der Waals surface area contributed by atoms with Crippen molar-refractivity contribution < 1.29 is 4.74 Å². The summed E-state index contributed by atoms with van der Waals surface area (Å²) < 4.78 is 5.84. The number of nitrogens with zero attached hydrogens (tertiary/aromatic N) is 3. The molecular weight excluding hydrogens is 358 g/mol. The largest absolute Gasteiger partial charge is 0.492 e. The Kier molecular flexibility index (Phi) is 9.27. The molecule has 2 rings (SSSR count). The van der Waals surface area contributed by atoms with E-state index in [9.17, 15) is 5.26 Å². The van der Waals surface area contributed by atoms with Gasteiger partial charge < -0.3 is 14.5 Å². The zero-order valence-electron chi connectivity index (χ0n) is 18.2. The van der Waals surface area contributed by atoms with Crippen LogP contribution in [0, 0.1) is 11.3 Å². The van der Waals surface area contributed by atoms with Crippen molar-refractivity contribution in [3.63, 3.8) is 0 Å². The fourth-order valence-corrected chi connectivity index (χ4v) is 3.28. The molecular formula is C25H33N3O. The van der Waals surface area contributed by atoms with Crippen LogP contribution in [0.3, 0.4) is 0 Å². The lowest BCUT2D eigenvalue weighted by molar-refractivity contribution is 0.223. The lowest BCUT2D eigenvalue weighted by Gasteiger charge is -2.21. The topological polar surface area (TPSA) is 39.5 Å². The van der Waals surface area contributed by atoms with E-state index in [1.54, 1.807) is 0 Å². The molecule has 0 saturated carbocycles. The number of nitriles is 1. The molecule has 0 heterocycles. The van der Waals surface area contributed by atoms with Gasteiger partial charge in [-0.3, -0.25) is 0 Å². The number of ether oxygens (including phenoxy) is 1. The van der Waals surface area contributed by atoms with Gasteiger partial charge in [0.2, 0.25) is 0 Å². The van der Waals surface area contributed by atoms with Crippen molar-refractivity contribution in [2.45, 2.75) is 27.7 Å². The molecule has 0 aliphatic carbocycles. The van der Waals surface area contributed by atoms with Gasteiger partial charge in [0.25, 0.3) is 0 Å². The fraction of sp³-hybridized carbons (Fsp3) is 0.400. The third kappa shape index (κ3) is 6.66. The Morgan fingerprint density at radius 3 is 2.03 bits per heavy atom. The first-order valence-corrected chi connectivity index (χ1v) is 10.6. The van der Waals surface area contributed by atoms with E-state index in [-0.39, 0.29) is 0 Å².